The molecule has 0 aliphatic heterocycles. The van der Waals surface area contributed by atoms with Crippen LogP contribution in [0.15, 0.2) is 42.5 Å². The Morgan fingerprint density at radius 3 is 2.77 bits per heavy atom. The van der Waals surface area contributed by atoms with Crippen LogP contribution in [0.5, 0.6) is 5.75 Å². The zero-order valence-corrected chi connectivity index (χ0v) is 15.2. The van der Waals surface area contributed by atoms with E-state index in [0.29, 0.717) is 6.54 Å². The summed E-state index contributed by atoms with van der Waals surface area (Å²) in [7, 11) is 3.77. The SMILES string of the molecule is COc1ccc2[nH]c(-c3nc4ccccc4n3C)c(CCCCN)c2c1. The van der Waals surface area contributed by atoms with Crippen LogP contribution in [-0.4, -0.2) is 28.2 Å². The topological polar surface area (TPSA) is 68.9 Å². The molecule has 2 heterocycles. The number of hydrogen-bond donors (Lipinski definition) is 2. The van der Waals surface area contributed by atoms with Crippen molar-refractivity contribution < 1.29 is 4.74 Å². The first-order chi connectivity index (χ1) is 12.7. The molecule has 5 nitrogen and oxygen atoms in total. The van der Waals surface area contributed by atoms with Gasteiger partial charge in [-0.05, 0) is 61.7 Å². The van der Waals surface area contributed by atoms with Crippen molar-refractivity contribution in [3.8, 4) is 17.3 Å². The summed E-state index contributed by atoms with van der Waals surface area (Å²) in [5.74, 6) is 1.83. The van der Waals surface area contributed by atoms with Gasteiger partial charge in [0.1, 0.15) is 5.75 Å². The van der Waals surface area contributed by atoms with E-state index in [1.807, 2.05) is 18.2 Å². The minimum absolute atomic E-state index is 0.716. The van der Waals surface area contributed by atoms with E-state index in [2.05, 4.69) is 40.9 Å². The van der Waals surface area contributed by atoms with Crippen molar-refractivity contribution in [2.75, 3.05) is 13.7 Å². The zero-order chi connectivity index (χ0) is 18.1. The van der Waals surface area contributed by atoms with Crippen LogP contribution in [0.3, 0.4) is 0 Å². The fourth-order valence-corrected chi connectivity index (χ4v) is 3.62. The maximum Gasteiger partial charge on any atom is 0.157 e. The van der Waals surface area contributed by atoms with E-state index in [-0.39, 0.29) is 0 Å². The van der Waals surface area contributed by atoms with Crippen molar-refractivity contribution in [1.82, 2.24) is 14.5 Å². The van der Waals surface area contributed by atoms with Crippen molar-refractivity contribution in [3.63, 3.8) is 0 Å². The third kappa shape index (κ3) is 2.74. The standard InChI is InChI=1S/C21H24N4O/c1-25-19-9-4-3-8-18(19)24-21(25)20-15(7-5-6-12-22)16-13-14(26-2)10-11-17(16)23-20/h3-4,8-11,13,23H,5-7,12,22H2,1-2H3. The van der Waals surface area contributed by atoms with E-state index in [9.17, 15) is 0 Å². The lowest BCUT2D eigenvalue weighted by atomic mass is 10.0. The Morgan fingerprint density at radius 2 is 2.00 bits per heavy atom. The Bertz CT molecular complexity index is 1060. The van der Waals surface area contributed by atoms with Crippen molar-refractivity contribution >= 4 is 21.9 Å². The number of nitrogens with two attached hydrogens (primary N) is 1. The van der Waals surface area contributed by atoms with Crippen molar-refractivity contribution in [2.24, 2.45) is 12.8 Å². The van der Waals surface area contributed by atoms with Crippen LogP contribution in [0.1, 0.15) is 18.4 Å². The fraction of sp³-hybridized carbons (Fsp3) is 0.286. The summed E-state index contributed by atoms with van der Waals surface area (Å²) >= 11 is 0. The summed E-state index contributed by atoms with van der Waals surface area (Å²) in [4.78, 5) is 8.48. The molecule has 0 unspecified atom stereocenters. The number of aromatic amines is 1. The Hall–Kier alpha value is -2.79. The van der Waals surface area contributed by atoms with Crippen LogP contribution >= 0.6 is 0 Å². The summed E-state index contributed by atoms with van der Waals surface area (Å²) in [5.41, 5.74) is 11.3. The van der Waals surface area contributed by atoms with Gasteiger partial charge in [0.2, 0.25) is 0 Å². The molecule has 5 heteroatoms. The van der Waals surface area contributed by atoms with Crippen LogP contribution in [0, 0.1) is 0 Å². The summed E-state index contributed by atoms with van der Waals surface area (Å²) in [6.07, 6.45) is 3.03. The second kappa shape index (κ2) is 6.84. The number of rotatable bonds is 6. The Kier molecular flexibility index (Phi) is 4.39. The highest BCUT2D eigenvalue weighted by Crippen LogP contribution is 2.34. The number of aromatic nitrogens is 3. The molecule has 3 N–H and O–H groups in total. The molecule has 134 valence electrons. The molecule has 0 atom stereocenters. The predicted molar refractivity (Wildman–Crippen MR) is 107 cm³/mol. The monoisotopic (exact) mass is 348 g/mol. The number of nitrogens with zero attached hydrogens (tertiary/aromatic N) is 2. The van der Waals surface area contributed by atoms with Crippen molar-refractivity contribution in [1.29, 1.82) is 0 Å². The lowest BCUT2D eigenvalue weighted by molar-refractivity contribution is 0.415. The molecule has 4 rings (SSSR count). The number of para-hydroxylation sites is 2. The second-order valence-corrected chi connectivity index (χ2v) is 6.62. The zero-order valence-electron chi connectivity index (χ0n) is 15.2. The van der Waals surface area contributed by atoms with Crippen LogP contribution in [0.25, 0.3) is 33.5 Å². The lowest BCUT2D eigenvalue weighted by Crippen LogP contribution is -2.00. The average Bonchev–Trinajstić information content (AvgIpc) is 3.19. The number of imidazole rings is 1. The maximum atomic E-state index is 5.71. The number of fused-ring (bicyclic) bond motifs is 2. The third-order valence-electron chi connectivity index (χ3n) is 5.00. The molecule has 0 saturated carbocycles. The molecule has 0 amide bonds. The molecule has 2 aromatic heterocycles. The molecule has 0 saturated heterocycles. The molecule has 0 fully saturated rings. The number of benzene rings is 2. The minimum atomic E-state index is 0.716. The van der Waals surface area contributed by atoms with Gasteiger partial charge < -0.3 is 20.0 Å². The Morgan fingerprint density at radius 1 is 1.15 bits per heavy atom. The van der Waals surface area contributed by atoms with Gasteiger partial charge in [0.05, 0.1) is 23.8 Å². The first kappa shape index (κ1) is 16.7. The largest absolute Gasteiger partial charge is 0.497 e. The minimum Gasteiger partial charge on any atom is -0.497 e. The van der Waals surface area contributed by atoms with E-state index in [4.69, 9.17) is 15.5 Å². The molecule has 4 aromatic rings. The molecule has 0 radical (unpaired) electrons. The molecule has 26 heavy (non-hydrogen) atoms. The van der Waals surface area contributed by atoms with E-state index >= 15 is 0 Å². The first-order valence-corrected chi connectivity index (χ1v) is 9.03. The lowest BCUT2D eigenvalue weighted by Gasteiger charge is -2.06. The second-order valence-electron chi connectivity index (χ2n) is 6.62. The molecule has 0 bridgehead atoms. The normalized spacial score (nSPS) is 11.5. The van der Waals surface area contributed by atoms with Gasteiger partial charge in [0.15, 0.2) is 5.82 Å². The fourth-order valence-electron chi connectivity index (χ4n) is 3.62. The van der Waals surface area contributed by atoms with E-state index in [0.717, 1.165) is 53.1 Å². The molecular weight excluding hydrogens is 324 g/mol. The smallest absolute Gasteiger partial charge is 0.157 e. The van der Waals surface area contributed by atoms with Gasteiger partial charge in [-0.2, -0.15) is 0 Å². The van der Waals surface area contributed by atoms with Crippen LogP contribution in [-0.2, 0) is 13.5 Å². The summed E-state index contributed by atoms with van der Waals surface area (Å²) in [6, 6.07) is 14.4. The number of nitrogens with one attached hydrogen (secondary N) is 1. The van der Waals surface area contributed by atoms with Crippen molar-refractivity contribution in [3.05, 3.63) is 48.0 Å². The van der Waals surface area contributed by atoms with E-state index in [1.165, 1.54) is 10.9 Å². The molecule has 0 aliphatic carbocycles. The quantitative estimate of drug-likeness (QED) is 0.517. The number of aryl methyl sites for hydroxylation is 2. The van der Waals surface area contributed by atoms with Crippen LogP contribution in [0.4, 0.5) is 0 Å². The van der Waals surface area contributed by atoms with Gasteiger partial charge >= 0.3 is 0 Å². The summed E-state index contributed by atoms with van der Waals surface area (Å²) in [6.45, 7) is 0.716. The van der Waals surface area contributed by atoms with E-state index < -0.39 is 0 Å². The predicted octanol–water partition coefficient (Wildman–Crippen LogP) is 4.01. The summed E-state index contributed by atoms with van der Waals surface area (Å²) < 4.78 is 7.59. The van der Waals surface area contributed by atoms with Gasteiger partial charge in [0.25, 0.3) is 0 Å². The number of hydrogen-bond acceptors (Lipinski definition) is 3. The number of H-pyrrole nitrogens is 1. The van der Waals surface area contributed by atoms with Gasteiger partial charge in [-0.25, -0.2) is 4.98 Å². The van der Waals surface area contributed by atoms with Gasteiger partial charge in [-0.3, -0.25) is 0 Å². The van der Waals surface area contributed by atoms with Gasteiger partial charge in [-0.1, -0.05) is 12.1 Å². The van der Waals surface area contributed by atoms with Crippen LogP contribution < -0.4 is 10.5 Å². The van der Waals surface area contributed by atoms with E-state index in [1.54, 1.807) is 7.11 Å². The highest BCUT2D eigenvalue weighted by Gasteiger charge is 2.18. The third-order valence-corrected chi connectivity index (χ3v) is 5.00. The molecule has 2 aromatic carbocycles. The van der Waals surface area contributed by atoms with Crippen molar-refractivity contribution in [2.45, 2.75) is 19.3 Å². The van der Waals surface area contributed by atoms with Gasteiger partial charge in [-0.15, -0.1) is 0 Å². The number of unbranched alkanes of at least 4 members (excludes halogenated alkanes) is 1. The summed E-state index contributed by atoms with van der Waals surface area (Å²) in [5, 5.41) is 1.20. The highest BCUT2D eigenvalue weighted by molar-refractivity contribution is 5.92. The average molecular weight is 348 g/mol. The van der Waals surface area contributed by atoms with Crippen LogP contribution in [0.2, 0.25) is 0 Å². The molecule has 0 spiro atoms. The molecule has 0 aliphatic rings. The Labute approximate surface area is 152 Å². The molecular formula is C21H24N4O. The first-order valence-electron chi connectivity index (χ1n) is 9.03. The highest BCUT2D eigenvalue weighted by atomic mass is 16.5. The Balaban J connectivity index is 1.92. The van der Waals surface area contributed by atoms with Gasteiger partial charge in [0, 0.05) is 18.0 Å². The number of methoxy groups -OCH3 is 1. The number of ether oxygens (including phenoxy) is 1. The maximum absolute atomic E-state index is 5.71.